The Bertz CT molecular complexity index is 758. The lowest BCUT2D eigenvalue weighted by Crippen LogP contribution is -2.25. The number of hydrogen-bond donors (Lipinski definition) is 0. The number of unbranched alkanes of at least 4 members (excludes halogenated alkanes) is 2. The summed E-state index contributed by atoms with van der Waals surface area (Å²) in [5.41, 5.74) is 3.06. The molecular formula is C34H52O. The molecule has 0 bridgehead atoms. The standard InChI is InChI=1S/C34H52O/c1-3-5-6-7-28-8-10-29(11-9-28)12-13-30-14-20-32(21-15-30)33-22-16-31(17-23-33)19-25-34-24-18-27(4-2)26-35-34/h8,10,12-13,16-17,22-23,27-30,32,34H,3-7,9,11,14-15,18-21,24-26H2,1-2H3. The first-order chi connectivity index (χ1) is 17.2. The Labute approximate surface area is 216 Å². The van der Waals surface area contributed by atoms with Gasteiger partial charge in [-0.3, -0.25) is 0 Å². The van der Waals surface area contributed by atoms with Gasteiger partial charge in [0.15, 0.2) is 0 Å². The Balaban J connectivity index is 1.14. The maximum Gasteiger partial charge on any atom is 0.0578 e. The summed E-state index contributed by atoms with van der Waals surface area (Å²) in [4.78, 5) is 0. The fraction of sp³-hybridized carbons (Fsp3) is 0.706. The van der Waals surface area contributed by atoms with Crippen LogP contribution in [0.25, 0.3) is 0 Å². The summed E-state index contributed by atoms with van der Waals surface area (Å²) >= 11 is 0. The molecule has 1 aromatic rings. The summed E-state index contributed by atoms with van der Waals surface area (Å²) in [6.07, 6.45) is 30.6. The van der Waals surface area contributed by atoms with E-state index in [1.807, 2.05) is 0 Å². The van der Waals surface area contributed by atoms with Gasteiger partial charge in [0.05, 0.1) is 6.10 Å². The number of allylic oxidation sites excluding steroid dienone is 4. The van der Waals surface area contributed by atoms with Gasteiger partial charge in [-0.25, -0.2) is 0 Å². The zero-order valence-electron chi connectivity index (χ0n) is 22.8. The van der Waals surface area contributed by atoms with Gasteiger partial charge in [-0.2, -0.15) is 0 Å². The molecule has 1 nitrogen and oxygen atoms in total. The summed E-state index contributed by atoms with van der Waals surface area (Å²) in [6, 6.07) is 9.64. The van der Waals surface area contributed by atoms with Gasteiger partial charge in [0.25, 0.3) is 0 Å². The van der Waals surface area contributed by atoms with E-state index in [0.717, 1.165) is 36.7 Å². The van der Waals surface area contributed by atoms with E-state index < -0.39 is 0 Å². The van der Waals surface area contributed by atoms with Gasteiger partial charge in [-0.15, -0.1) is 0 Å². The first-order valence-electron chi connectivity index (χ1n) is 15.3. The topological polar surface area (TPSA) is 9.23 Å². The molecule has 194 valence electrons. The van der Waals surface area contributed by atoms with Gasteiger partial charge < -0.3 is 4.74 Å². The van der Waals surface area contributed by atoms with Crippen molar-refractivity contribution < 1.29 is 4.74 Å². The molecule has 35 heavy (non-hydrogen) atoms. The molecule has 1 saturated heterocycles. The van der Waals surface area contributed by atoms with Crippen LogP contribution in [0.2, 0.25) is 0 Å². The third-order valence-electron chi connectivity index (χ3n) is 9.33. The lowest BCUT2D eigenvalue weighted by molar-refractivity contribution is -0.0202. The molecule has 0 radical (unpaired) electrons. The maximum atomic E-state index is 6.10. The minimum atomic E-state index is 0.483. The lowest BCUT2D eigenvalue weighted by atomic mass is 9.78. The maximum absolute atomic E-state index is 6.10. The van der Waals surface area contributed by atoms with Crippen molar-refractivity contribution in [1.29, 1.82) is 0 Å². The molecule has 4 atom stereocenters. The predicted molar refractivity (Wildman–Crippen MR) is 151 cm³/mol. The third kappa shape index (κ3) is 8.63. The largest absolute Gasteiger partial charge is 0.378 e. The SMILES string of the molecule is CCCCCC1C=CC(C=CC2CCC(c3ccc(CCC4CCC(CC)CO4)cc3)CC2)CC1. The molecule has 2 aliphatic carbocycles. The van der Waals surface area contributed by atoms with E-state index >= 15 is 0 Å². The number of rotatable bonds is 11. The van der Waals surface area contributed by atoms with Crippen LogP contribution in [0.5, 0.6) is 0 Å². The number of ether oxygens (including phenoxy) is 1. The fourth-order valence-electron chi connectivity index (χ4n) is 6.60. The van der Waals surface area contributed by atoms with Gasteiger partial charge in [-0.1, -0.05) is 88.1 Å². The highest BCUT2D eigenvalue weighted by atomic mass is 16.5. The zero-order valence-corrected chi connectivity index (χ0v) is 22.8. The summed E-state index contributed by atoms with van der Waals surface area (Å²) in [6.45, 7) is 5.57. The molecule has 1 saturated carbocycles. The van der Waals surface area contributed by atoms with E-state index in [1.165, 1.54) is 95.5 Å². The zero-order chi connectivity index (χ0) is 24.3. The average molecular weight is 477 g/mol. The van der Waals surface area contributed by atoms with Crippen LogP contribution in [0.4, 0.5) is 0 Å². The highest BCUT2D eigenvalue weighted by Gasteiger charge is 2.22. The molecule has 4 rings (SSSR count). The Morgan fingerprint density at radius 2 is 1.63 bits per heavy atom. The van der Waals surface area contributed by atoms with Crippen molar-refractivity contribution in [2.24, 2.45) is 23.7 Å². The first-order valence-corrected chi connectivity index (χ1v) is 15.3. The van der Waals surface area contributed by atoms with Crippen molar-refractivity contribution in [1.82, 2.24) is 0 Å². The van der Waals surface area contributed by atoms with E-state index in [4.69, 9.17) is 4.74 Å². The van der Waals surface area contributed by atoms with Crippen LogP contribution >= 0.6 is 0 Å². The van der Waals surface area contributed by atoms with Gasteiger partial charge in [0, 0.05) is 6.61 Å². The van der Waals surface area contributed by atoms with Crippen molar-refractivity contribution in [3.63, 3.8) is 0 Å². The van der Waals surface area contributed by atoms with Crippen LogP contribution in [0, 0.1) is 23.7 Å². The molecule has 1 heteroatoms. The summed E-state index contributed by atoms with van der Waals surface area (Å²) in [7, 11) is 0. The van der Waals surface area contributed by atoms with Crippen LogP contribution in [-0.4, -0.2) is 12.7 Å². The summed E-state index contributed by atoms with van der Waals surface area (Å²) < 4.78 is 6.10. The Hall–Kier alpha value is -1.34. The van der Waals surface area contributed by atoms with Crippen LogP contribution in [-0.2, 0) is 11.2 Å². The minimum Gasteiger partial charge on any atom is -0.378 e. The number of aryl methyl sites for hydroxylation is 1. The van der Waals surface area contributed by atoms with Crippen molar-refractivity contribution in [3.8, 4) is 0 Å². The molecule has 1 aromatic carbocycles. The van der Waals surface area contributed by atoms with Crippen molar-refractivity contribution >= 4 is 0 Å². The van der Waals surface area contributed by atoms with Crippen LogP contribution < -0.4 is 0 Å². The molecule has 0 amide bonds. The molecule has 0 aromatic heterocycles. The minimum absolute atomic E-state index is 0.483. The predicted octanol–water partition coefficient (Wildman–Crippen LogP) is 9.82. The molecular weight excluding hydrogens is 424 g/mol. The lowest BCUT2D eigenvalue weighted by Gasteiger charge is -2.29. The van der Waals surface area contributed by atoms with Crippen LogP contribution in [0.3, 0.4) is 0 Å². The molecule has 2 fully saturated rings. The van der Waals surface area contributed by atoms with Gasteiger partial charge in [0.1, 0.15) is 0 Å². The van der Waals surface area contributed by atoms with Gasteiger partial charge >= 0.3 is 0 Å². The average Bonchev–Trinajstić information content (AvgIpc) is 2.92. The molecule has 0 N–H and O–H groups in total. The second kappa shape index (κ2) is 14.4. The third-order valence-corrected chi connectivity index (χ3v) is 9.33. The van der Waals surface area contributed by atoms with Crippen LogP contribution in [0.1, 0.15) is 121 Å². The van der Waals surface area contributed by atoms with Gasteiger partial charge in [0.2, 0.25) is 0 Å². The number of benzene rings is 1. The van der Waals surface area contributed by atoms with E-state index in [1.54, 1.807) is 5.56 Å². The Morgan fingerprint density at radius 3 is 2.29 bits per heavy atom. The van der Waals surface area contributed by atoms with E-state index in [9.17, 15) is 0 Å². The summed E-state index contributed by atoms with van der Waals surface area (Å²) in [5, 5.41) is 0. The molecule has 1 heterocycles. The fourth-order valence-corrected chi connectivity index (χ4v) is 6.60. The smallest absolute Gasteiger partial charge is 0.0578 e. The molecule has 4 unspecified atom stereocenters. The molecule has 3 aliphatic rings. The second-order valence-corrected chi connectivity index (χ2v) is 12.0. The highest BCUT2D eigenvalue weighted by Crippen LogP contribution is 2.37. The summed E-state index contributed by atoms with van der Waals surface area (Å²) in [5.74, 6) is 3.90. The van der Waals surface area contributed by atoms with Crippen molar-refractivity contribution in [2.75, 3.05) is 6.61 Å². The molecule has 0 spiro atoms. The number of hydrogen-bond acceptors (Lipinski definition) is 1. The first kappa shape index (κ1) is 26.7. The van der Waals surface area contributed by atoms with E-state index in [2.05, 4.69) is 62.4 Å². The van der Waals surface area contributed by atoms with Gasteiger partial charge in [-0.05, 0) is 111 Å². The van der Waals surface area contributed by atoms with Crippen molar-refractivity contribution in [2.45, 2.75) is 122 Å². The quantitative estimate of drug-likeness (QED) is 0.228. The van der Waals surface area contributed by atoms with E-state index in [-0.39, 0.29) is 0 Å². The Morgan fingerprint density at radius 1 is 0.800 bits per heavy atom. The second-order valence-electron chi connectivity index (χ2n) is 12.0. The highest BCUT2D eigenvalue weighted by molar-refractivity contribution is 5.26. The van der Waals surface area contributed by atoms with Crippen molar-refractivity contribution in [3.05, 3.63) is 59.7 Å². The normalized spacial score (nSPS) is 31.7. The van der Waals surface area contributed by atoms with Crippen LogP contribution in [0.15, 0.2) is 48.6 Å². The van der Waals surface area contributed by atoms with E-state index in [0.29, 0.717) is 12.0 Å². The monoisotopic (exact) mass is 476 g/mol. The molecule has 1 aliphatic heterocycles. The Kier molecular flexibility index (Phi) is 11.0.